The molecule has 1 amide bonds. The third-order valence-corrected chi connectivity index (χ3v) is 7.05. The van der Waals surface area contributed by atoms with Crippen molar-refractivity contribution in [3.8, 4) is 0 Å². The minimum absolute atomic E-state index is 0. The van der Waals surface area contributed by atoms with E-state index in [1.165, 1.54) is 5.56 Å². The highest BCUT2D eigenvalue weighted by molar-refractivity contribution is 7.07. The number of nitrogens with one attached hydrogen (secondary N) is 2. The van der Waals surface area contributed by atoms with Crippen molar-refractivity contribution in [2.75, 3.05) is 13.1 Å². The van der Waals surface area contributed by atoms with E-state index in [0.29, 0.717) is 17.8 Å². The van der Waals surface area contributed by atoms with Gasteiger partial charge in [0.25, 0.3) is 5.91 Å². The number of aromatic amines is 1. The van der Waals surface area contributed by atoms with E-state index < -0.39 is 0 Å². The Labute approximate surface area is 176 Å². The van der Waals surface area contributed by atoms with Gasteiger partial charge in [0.2, 0.25) is 0 Å². The number of carbonyl (C=O) groups is 2. The Morgan fingerprint density at radius 2 is 2.00 bits per heavy atom. The predicted molar refractivity (Wildman–Crippen MR) is 115 cm³/mol. The molecule has 4 rings (SSSR count). The molecule has 1 aliphatic carbocycles. The van der Waals surface area contributed by atoms with Gasteiger partial charge in [-0.3, -0.25) is 9.59 Å². The second kappa shape index (κ2) is 8.01. The smallest absolute Gasteiger partial charge is 0.271 e. The molecule has 0 radical (unpaired) electrons. The SMILES string of the molecule is CC(=O)c1c(C)[nH]c(C(=O)N(Cc2ccsc2)C2CC23CCNCC3)c1C.Cl. The number of Topliss-reactive ketones (excluding diaryl/α,β-unsaturated/α-hetero) is 1. The van der Waals surface area contributed by atoms with Crippen molar-refractivity contribution in [1.29, 1.82) is 0 Å². The summed E-state index contributed by atoms with van der Waals surface area (Å²) in [5.74, 6) is 0.0284. The molecule has 152 valence electrons. The minimum Gasteiger partial charge on any atom is -0.354 e. The van der Waals surface area contributed by atoms with Gasteiger partial charge in [0.05, 0.1) is 0 Å². The van der Waals surface area contributed by atoms with Gasteiger partial charge in [0, 0.05) is 23.8 Å². The first-order valence-electron chi connectivity index (χ1n) is 9.66. The number of aromatic nitrogens is 1. The van der Waals surface area contributed by atoms with Crippen molar-refractivity contribution >= 4 is 35.4 Å². The molecular formula is C21H28ClN3O2S. The fourth-order valence-electron chi connectivity index (χ4n) is 4.77. The second-order valence-corrected chi connectivity index (χ2v) is 8.86. The molecule has 2 aromatic heterocycles. The number of halogens is 1. The molecule has 1 spiro atoms. The number of amides is 1. The standard InChI is InChI=1S/C21H27N3O2S.ClH/c1-13-18(15(3)25)14(2)23-19(13)20(26)24(11-16-4-9-27-12-16)17-10-21(17)5-7-22-8-6-21;/h4,9,12,17,22-23H,5-8,10-11H2,1-3H3;1H. The van der Waals surface area contributed by atoms with E-state index in [2.05, 4.69) is 32.0 Å². The molecule has 0 bridgehead atoms. The number of H-pyrrole nitrogens is 1. The first-order valence-corrected chi connectivity index (χ1v) is 10.6. The molecule has 1 saturated carbocycles. The van der Waals surface area contributed by atoms with Gasteiger partial charge in [-0.1, -0.05) is 0 Å². The zero-order chi connectivity index (χ0) is 19.2. The number of hydrogen-bond acceptors (Lipinski definition) is 4. The average Bonchev–Trinajstić information content (AvgIpc) is 2.98. The van der Waals surface area contributed by atoms with Gasteiger partial charge in [-0.25, -0.2) is 0 Å². The van der Waals surface area contributed by atoms with Crippen LogP contribution in [0.15, 0.2) is 16.8 Å². The first kappa shape index (κ1) is 21.1. The topological polar surface area (TPSA) is 65.2 Å². The van der Waals surface area contributed by atoms with Gasteiger partial charge in [-0.05, 0) is 86.5 Å². The fraction of sp³-hybridized carbons (Fsp3) is 0.524. The normalized spacial score (nSPS) is 19.9. The van der Waals surface area contributed by atoms with Crippen molar-refractivity contribution in [3.63, 3.8) is 0 Å². The molecule has 7 heteroatoms. The minimum atomic E-state index is 0. The highest BCUT2D eigenvalue weighted by atomic mass is 35.5. The molecule has 28 heavy (non-hydrogen) atoms. The highest BCUT2D eigenvalue weighted by Gasteiger charge is 2.58. The molecule has 1 aliphatic heterocycles. The van der Waals surface area contributed by atoms with Crippen molar-refractivity contribution in [2.24, 2.45) is 5.41 Å². The number of hydrogen-bond donors (Lipinski definition) is 2. The van der Waals surface area contributed by atoms with Crippen molar-refractivity contribution in [1.82, 2.24) is 15.2 Å². The molecule has 2 aromatic rings. The average molecular weight is 422 g/mol. The van der Waals surface area contributed by atoms with Gasteiger partial charge >= 0.3 is 0 Å². The Kier molecular flexibility index (Phi) is 6.03. The van der Waals surface area contributed by atoms with Crippen LogP contribution < -0.4 is 5.32 Å². The number of carbonyl (C=O) groups excluding carboxylic acids is 2. The van der Waals surface area contributed by atoms with Crippen LogP contribution in [0.25, 0.3) is 0 Å². The van der Waals surface area contributed by atoms with E-state index in [-0.39, 0.29) is 35.6 Å². The number of rotatable bonds is 5. The third-order valence-electron chi connectivity index (χ3n) is 6.32. The summed E-state index contributed by atoms with van der Waals surface area (Å²) in [5, 5.41) is 7.61. The van der Waals surface area contributed by atoms with E-state index in [1.807, 2.05) is 13.8 Å². The summed E-state index contributed by atoms with van der Waals surface area (Å²) < 4.78 is 0. The maximum atomic E-state index is 13.6. The lowest BCUT2D eigenvalue weighted by Crippen LogP contribution is -2.39. The summed E-state index contributed by atoms with van der Waals surface area (Å²) in [6.45, 7) is 8.01. The second-order valence-electron chi connectivity index (χ2n) is 8.08. The van der Waals surface area contributed by atoms with E-state index in [4.69, 9.17) is 0 Å². The largest absolute Gasteiger partial charge is 0.354 e. The Hall–Kier alpha value is -1.63. The zero-order valence-corrected chi connectivity index (χ0v) is 18.3. The van der Waals surface area contributed by atoms with Gasteiger partial charge < -0.3 is 15.2 Å². The summed E-state index contributed by atoms with van der Waals surface area (Å²) in [6, 6.07) is 2.38. The third kappa shape index (κ3) is 3.65. The molecule has 2 fully saturated rings. The molecular weight excluding hydrogens is 394 g/mol. The lowest BCUT2D eigenvalue weighted by Gasteiger charge is -2.29. The molecule has 0 aromatic carbocycles. The van der Waals surface area contributed by atoms with Crippen LogP contribution in [0.1, 0.15) is 63.9 Å². The summed E-state index contributed by atoms with van der Waals surface area (Å²) >= 11 is 1.66. The molecule has 2 N–H and O–H groups in total. The number of piperidine rings is 1. The van der Waals surface area contributed by atoms with E-state index in [1.54, 1.807) is 18.3 Å². The Bertz CT molecular complexity index is 869. The maximum absolute atomic E-state index is 13.6. The Morgan fingerprint density at radius 3 is 2.57 bits per heavy atom. The van der Waals surface area contributed by atoms with Crippen LogP contribution in [0.4, 0.5) is 0 Å². The van der Waals surface area contributed by atoms with Crippen LogP contribution in [0.2, 0.25) is 0 Å². The van der Waals surface area contributed by atoms with Crippen LogP contribution in [0.3, 0.4) is 0 Å². The monoisotopic (exact) mass is 421 g/mol. The predicted octanol–water partition coefficient (Wildman–Crippen LogP) is 4.10. The highest BCUT2D eigenvalue weighted by Crippen LogP contribution is 2.56. The number of nitrogens with zero attached hydrogens (tertiary/aromatic N) is 1. The van der Waals surface area contributed by atoms with Crippen LogP contribution in [0.5, 0.6) is 0 Å². The van der Waals surface area contributed by atoms with Gasteiger partial charge in [0.15, 0.2) is 5.78 Å². The summed E-state index contributed by atoms with van der Waals surface area (Å²) in [4.78, 5) is 30.8. The Morgan fingerprint density at radius 1 is 1.29 bits per heavy atom. The Balaban J connectivity index is 0.00000225. The van der Waals surface area contributed by atoms with E-state index in [0.717, 1.165) is 43.6 Å². The lowest BCUT2D eigenvalue weighted by molar-refractivity contribution is 0.0686. The number of ketones is 1. The molecule has 1 unspecified atom stereocenters. The van der Waals surface area contributed by atoms with Crippen LogP contribution >= 0.6 is 23.7 Å². The summed E-state index contributed by atoms with van der Waals surface area (Å²) in [6.07, 6.45) is 3.35. The summed E-state index contributed by atoms with van der Waals surface area (Å²) in [7, 11) is 0. The lowest BCUT2D eigenvalue weighted by atomic mass is 9.93. The number of thiophene rings is 1. The zero-order valence-electron chi connectivity index (χ0n) is 16.6. The van der Waals surface area contributed by atoms with Crippen molar-refractivity contribution in [2.45, 2.75) is 52.6 Å². The molecule has 1 saturated heterocycles. The van der Waals surface area contributed by atoms with Gasteiger partial charge in [-0.2, -0.15) is 11.3 Å². The first-order chi connectivity index (χ1) is 12.9. The maximum Gasteiger partial charge on any atom is 0.271 e. The van der Waals surface area contributed by atoms with E-state index >= 15 is 0 Å². The van der Waals surface area contributed by atoms with Crippen LogP contribution in [-0.2, 0) is 6.54 Å². The molecule has 2 aliphatic rings. The van der Waals surface area contributed by atoms with Gasteiger partial charge in [0.1, 0.15) is 5.69 Å². The van der Waals surface area contributed by atoms with Crippen LogP contribution in [-0.4, -0.2) is 40.7 Å². The van der Waals surface area contributed by atoms with Gasteiger partial charge in [-0.15, -0.1) is 12.4 Å². The molecule has 5 nitrogen and oxygen atoms in total. The van der Waals surface area contributed by atoms with Crippen molar-refractivity contribution < 1.29 is 9.59 Å². The number of aryl methyl sites for hydroxylation is 1. The van der Waals surface area contributed by atoms with E-state index in [9.17, 15) is 9.59 Å². The fourth-order valence-corrected chi connectivity index (χ4v) is 5.43. The molecule has 1 atom stereocenters. The van der Waals surface area contributed by atoms with Crippen LogP contribution in [0, 0.1) is 19.3 Å². The quantitative estimate of drug-likeness (QED) is 0.714. The van der Waals surface area contributed by atoms with Crippen molar-refractivity contribution in [3.05, 3.63) is 44.9 Å². The molecule has 3 heterocycles. The summed E-state index contributed by atoms with van der Waals surface area (Å²) in [5.41, 5.74) is 4.24.